The highest BCUT2D eigenvalue weighted by molar-refractivity contribution is 8.00. The van der Waals surface area contributed by atoms with Gasteiger partial charge in [0.2, 0.25) is 5.91 Å². The lowest BCUT2D eigenvalue weighted by atomic mass is 10.1. The molecule has 1 aromatic heterocycles. The number of aromatic nitrogens is 2. The summed E-state index contributed by atoms with van der Waals surface area (Å²) in [6.45, 7) is 2.01. The van der Waals surface area contributed by atoms with Gasteiger partial charge in [0.25, 0.3) is 0 Å². The molecule has 0 spiro atoms. The smallest absolute Gasteiger partial charge is 0.433 e. The van der Waals surface area contributed by atoms with Crippen LogP contribution >= 0.6 is 11.8 Å². The summed E-state index contributed by atoms with van der Waals surface area (Å²) >= 11 is 0.891. The number of amides is 1. The monoisotopic (exact) mass is 461 g/mol. The van der Waals surface area contributed by atoms with Crippen molar-refractivity contribution in [2.45, 2.75) is 29.9 Å². The molecule has 1 atom stereocenters. The Labute approximate surface area is 188 Å². The average molecular weight is 462 g/mol. The van der Waals surface area contributed by atoms with Gasteiger partial charge >= 0.3 is 6.18 Å². The van der Waals surface area contributed by atoms with E-state index < -0.39 is 17.1 Å². The number of hydrogen-bond donors (Lipinski definition) is 1. The Morgan fingerprint density at radius 1 is 1.09 bits per heavy atom. The lowest BCUT2D eigenvalue weighted by molar-refractivity contribution is -0.141. The van der Waals surface area contributed by atoms with Gasteiger partial charge in [-0.3, -0.25) is 4.79 Å². The minimum absolute atomic E-state index is 0.100. The molecule has 0 fully saturated rings. The summed E-state index contributed by atoms with van der Waals surface area (Å²) in [5, 5.41) is 2.03. The average Bonchev–Trinajstić information content (AvgIpc) is 2.79. The number of nitrogens with one attached hydrogen (secondary N) is 1. The molecule has 9 heteroatoms. The number of carbonyl (C=O) groups is 1. The summed E-state index contributed by atoms with van der Waals surface area (Å²) in [4.78, 5) is 20.3. The molecular formula is C23H22F3N3O2S. The number of ether oxygens (including phenoxy) is 1. The highest BCUT2D eigenvalue weighted by Crippen LogP contribution is 2.32. The van der Waals surface area contributed by atoms with Gasteiger partial charge in [-0.1, -0.05) is 54.2 Å². The molecule has 2 aromatic carbocycles. The molecule has 0 bridgehead atoms. The van der Waals surface area contributed by atoms with Crippen molar-refractivity contribution in [1.29, 1.82) is 0 Å². The Hall–Kier alpha value is -3.07. The summed E-state index contributed by atoms with van der Waals surface area (Å²) in [5.74, 6) is 0.449. The van der Waals surface area contributed by atoms with Crippen LogP contribution in [0.2, 0.25) is 0 Å². The van der Waals surface area contributed by atoms with Crippen LogP contribution in [0.5, 0.6) is 5.75 Å². The summed E-state index contributed by atoms with van der Waals surface area (Å²) in [6.07, 6.45) is -4.00. The molecule has 0 aliphatic heterocycles. The van der Waals surface area contributed by atoms with E-state index in [-0.39, 0.29) is 16.8 Å². The number of hydrogen-bond acceptors (Lipinski definition) is 5. The first-order chi connectivity index (χ1) is 15.3. The summed E-state index contributed by atoms with van der Waals surface area (Å²) in [6, 6.07) is 17.0. The largest absolute Gasteiger partial charge is 0.497 e. The van der Waals surface area contributed by atoms with Gasteiger partial charge in [-0.2, -0.15) is 13.2 Å². The first-order valence-corrected chi connectivity index (χ1v) is 10.7. The maximum atomic E-state index is 13.3. The van der Waals surface area contributed by atoms with E-state index in [1.54, 1.807) is 44.4 Å². The van der Waals surface area contributed by atoms with E-state index in [9.17, 15) is 18.0 Å². The predicted molar refractivity (Wildman–Crippen MR) is 117 cm³/mol. The standard InChI is InChI=1S/C23H22F3N3O2S/c1-15(21(30)27-13-12-16-8-10-18(31-2)11-9-16)32-22-28-19(17-6-4-3-5-7-17)14-20(29-22)23(24,25)26/h3-11,14-15H,12-13H2,1-2H3,(H,27,30). The summed E-state index contributed by atoms with van der Waals surface area (Å²) in [5.41, 5.74) is 0.683. The van der Waals surface area contributed by atoms with Gasteiger partial charge in [-0.15, -0.1) is 0 Å². The van der Waals surface area contributed by atoms with E-state index in [0.717, 1.165) is 29.1 Å². The second-order valence-electron chi connectivity index (χ2n) is 6.93. The molecule has 1 N–H and O–H groups in total. The maximum Gasteiger partial charge on any atom is 0.433 e. The fourth-order valence-corrected chi connectivity index (χ4v) is 3.67. The van der Waals surface area contributed by atoms with E-state index >= 15 is 0 Å². The normalized spacial score (nSPS) is 12.3. The fraction of sp³-hybridized carbons (Fsp3) is 0.261. The SMILES string of the molecule is COc1ccc(CCNC(=O)C(C)Sc2nc(-c3ccccc3)cc(C(F)(F)F)n2)cc1. The van der Waals surface area contributed by atoms with Crippen molar-refractivity contribution in [1.82, 2.24) is 15.3 Å². The number of alkyl halides is 3. The van der Waals surface area contributed by atoms with Crippen LogP contribution < -0.4 is 10.1 Å². The molecule has 1 unspecified atom stereocenters. The third-order valence-corrected chi connectivity index (χ3v) is 5.55. The van der Waals surface area contributed by atoms with Crippen LogP contribution in [-0.4, -0.2) is 34.8 Å². The zero-order chi connectivity index (χ0) is 23.1. The van der Waals surface area contributed by atoms with Crippen molar-refractivity contribution >= 4 is 17.7 Å². The molecule has 3 rings (SSSR count). The minimum atomic E-state index is -4.62. The zero-order valence-corrected chi connectivity index (χ0v) is 18.3. The van der Waals surface area contributed by atoms with Gasteiger partial charge < -0.3 is 10.1 Å². The Bertz CT molecular complexity index is 1040. The zero-order valence-electron chi connectivity index (χ0n) is 17.5. The van der Waals surface area contributed by atoms with E-state index in [1.807, 2.05) is 24.3 Å². The van der Waals surface area contributed by atoms with Gasteiger partial charge in [0.1, 0.15) is 11.4 Å². The number of rotatable bonds is 8. The lowest BCUT2D eigenvalue weighted by Gasteiger charge is -2.14. The lowest BCUT2D eigenvalue weighted by Crippen LogP contribution is -2.32. The van der Waals surface area contributed by atoms with Crippen LogP contribution in [0.15, 0.2) is 65.8 Å². The molecule has 32 heavy (non-hydrogen) atoms. The first kappa shape index (κ1) is 23.6. The van der Waals surface area contributed by atoms with Crippen LogP contribution in [0, 0.1) is 0 Å². The highest BCUT2D eigenvalue weighted by Gasteiger charge is 2.34. The first-order valence-electron chi connectivity index (χ1n) is 9.85. The van der Waals surface area contributed by atoms with Crippen LogP contribution in [0.25, 0.3) is 11.3 Å². The second kappa shape index (κ2) is 10.5. The molecule has 0 radical (unpaired) electrons. The van der Waals surface area contributed by atoms with Gasteiger partial charge in [0.15, 0.2) is 5.16 Å². The third kappa shape index (κ3) is 6.46. The van der Waals surface area contributed by atoms with Crippen molar-refractivity contribution < 1.29 is 22.7 Å². The molecule has 5 nitrogen and oxygen atoms in total. The summed E-state index contributed by atoms with van der Waals surface area (Å²) in [7, 11) is 1.59. The Kier molecular flexibility index (Phi) is 7.74. The summed E-state index contributed by atoms with van der Waals surface area (Å²) < 4.78 is 45.2. The molecule has 0 aliphatic carbocycles. The van der Waals surface area contributed by atoms with Gasteiger partial charge in [0.05, 0.1) is 18.1 Å². The van der Waals surface area contributed by atoms with Gasteiger partial charge in [0, 0.05) is 12.1 Å². The van der Waals surface area contributed by atoms with E-state index in [0.29, 0.717) is 18.5 Å². The molecular weight excluding hydrogens is 439 g/mol. The number of thioether (sulfide) groups is 1. The molecule has 1 heterocycles. The molecule has 168 valence electrons. The Balaban J connectivity index is 1.66. The van der Waals surface area contributed by atoms with Crippen LogP contribution in [0.3, 0.4) is 0 Å². The highest BCUT2D eigenvalue weighted by atomic mass is 32.2. The van der Waals surface area contributed by atoms with E-state index in [4.69, 9.17) is 4.74 Å². The molecule has 0 aliphatic rings. The second-order valence-corrected chi connectivity index (χ2v) is 8.24. The number of benzene rings is 2. The molecule has 3 aromatic rings. The number of carbonyl (C=O) groups excluding carboxylic acids is 1. The van der Waals surface area contributed by atoms with Gasteiger partial charge in [-0.25, -0.2) is 9.97 Å². The predicted octanol–water partition coefficient (Wildman–Crippen LogP) is 5.01. The minimum Gasteiger partial charge on any atom is -0.497 e. The topological polar surface area (TPSA) is 64.1 Å². The van der Waals surface area contributed by atoms with Crippen molar-refractivity contribution in [3.05, 3.63) is 71.9 Å². The molecule has 0 saturated carbocycles. The number of methoxy groups -OCH3 is 1. The van der Waals surface area contributed by atoms with Crippen LogP contribution in [0.4, 0.5) is 13.2 Å². The van der Waals surface area contributed by atoms with Crippen LogP contribution in [0.1, 0.15) is 18.2 Å². The van der Waals surface area contributed by atoms with Gasteiger partial charge in [-0.05, 0) is 37.1 Å². The van der Waals surface area contributed by atoms with E-state index in [1.165, 1.54) is 0 Å². The number of halogens is 3. The van der Waals surface area contributed by atoms with Crippen molar-refractivity contribution in [2.75, 3.05) is 13.7 Å². The third-order valence-electron chi connectivity index (χ3n) is 4.59. The number of nitrogens with zero attached hydrogens (tertiary/aromatic N) is 2. The van der Waals surface area contributed by atoms with Crippen molar-refractivity contribution in [2.24, 2.45) is 0 Å². The maximum absolute atomic E-state index is 13.3. The molecule has 0 saturated heterocycles. The quantitative estimate of drug-likeness (QED) is 0.377. The fourth-order valence-electron chi connectivity index (χ4n) is 2.86. The Morgan fingerprint density at radius 3 is 2.41 bits per heavy atom. The van der Waals surface area contributed by atoms with E-state index in [2.05, 4.69) is 15.3 Å². The Morgan fingerprint density at radius 2 is 1.78 bits per heavy atom. The van der Waals surface area contributed by atoms with Crippen LogP contribution in [-0.2, 0) is 17.4 Å². The van der Waals surface area contributed by atoms with Crippen molar-refractivity contribution in [3.63, 3.8) is 0 Å². The van der Waals surface area contributed by atoms with Crippen molar-refractivity contribution in [3.8, 4) is 17.0 Å². The molecule has 1 amide bonds.